The maximum atomic E-state index is 13.3. The van der Waals surface area contributed by atoms with Crippen LogP contribution in [-0.2, 0) is 4.79 Å². The third-order valence-electron chi connectivity index (χ3n) is 11.3. The van der Waals surface area contributed by atoms with Crippen LogP contribution in [0.2, 0.25) is 0 Å². The molecule has 4 heteroatoms. The third-order valence-corrected chi connectivity index (χ3v) is 11.3. The molecule has 4 saturated carbocycles. The molecular weight excluding hydrogens is 412 g/mol. The first-order valence-corrected chi connectivity index (χ1v) is 13.5. The van der Waals surface area contributed by atoms with Crippen molar-refractivity contribution in [3.8, 4) is 0 Å². The minimum atomic E-state index is -0.913. The molecule has 0 aromatic rings. The zero-order valence-corrected chi connectivity index (χ0v) is 21.8. The van der Waals surface area contributed by atoms with Gasteiger partial charge in [0.15, 0.2) is 0 Å². The predicted octanol–water partition coefficient (Wildman–Crippen LogP) is 5.15. The lowest BCUT2D eigenvalue weighted by atomic mass is 9.44. The van der Waals surface area contributed by atoms with Gasteiger partial charge in [0.1, 0.15) is 11.9 Å². The Hall–Kier alpha value is -0.710. The van der Waals surface area contributed by atoms with Gasteiger partial charge in [0.2, 0.25) is 0 Å². The highest BCUT2D eigenvalue weighted by molar-refractivity contribution is 5.83. The lowest BCUT2D eigenvalue weighted by Gasteiger charge is -2.60. The smallest absolute Gasteiger partial charge is 0.136 e. The quantitative estimate of drug-likeness (QED) is 0.507. The van der Waals surface area contributed by atoms with Crippen molar-refractivity contribution in [1.29, 1.82) is 0 Å². The predicted molar refractivity (Wildman–Crippen MR) is 131 cm³/mol. The molecule has 11 unspecified atom stereocenters. The molecule has 4 nitrogen and oxygen atoms in total. The van der Waals surface area contributed by atoms with Crippen molar-refractivity contribution in [2.75, 3.05) is 0 Å². The van der Waals surface area contributed by atoms with E-state index in [1.165, 1.54) is 0 Å². The van der Waals surface area contributed by atoms with Crippen molar-refractivity contribution in [3.05, 3.63) is 12.2 Å². The van der Waals surface area contributed by atoms with Gasteiger partial charge in [-0.2, -0.15) is 0 Å². The molecule has 0 saturated heterocycles. The summed E-state index contributed by atoms with van der Waals surface area (Å²) in [5, 5.41) is 32.4. The normalized spacial score (nSPS) is 46.0. The molecule has 4 rings (SSSR count). The highest BCUT2D eigenvalue weighted by Gasteiger charge is 2.63. The van der Waals surface area contributed by atoms with Crippen molar-refractivity contribution in [2.45, 2.75) is 111 Å². The van der Waals surface area contributed by atoms with Gasteiger partial charge < -0.3 is 15.3 Å². The first-order valence-electron chi connectivity index (χ1n) is 13.5. The van der Waals surface area contributed by atoms with E-state index in [0.717, 1.165) is 38.5 Å². The van der Waals surface area contributed by atoms with Crippen molar-refractivity contribution in [1.82, 2.24) is 0 Å². The summed E-state index contributed by atoms with van der Waals surface area (Å²) in [6, 6.07) is 0. The van der Waals surface area contributed by atoms with E-state index in [0.29, 0.717) is 47.9 Å². The van der Waals surface area contributed by atoms with Crippen molar-refractivity contribution in [2.24, 2.45) is 51.8 Å². The van der Waals surface area contributed by atoms with Crippen LogP contribution in [0.1, 0.15) is 92.9 Å². The molecule has 4 aliphatic rings. The standard InChI is InChI=1S/C29H48O4/c1-16(25(32)26(33)17(2)27(3,4)5)20-8-9-21-19-15-24(31)23-14-18(30)10-12-29(23,7)22(19)11-13-28(20,21)6/h16,18-23,25-26,30,32-33H,2,8-15H2,1,3-7H3. The number of hydrogen-bond acceptors (Lipinski definition) is 4. The minimum absolute atomic E-state index is 0.0156. The number of Topliss-reactive ketones (excluding diaryl/α,β-unsaturated/α-hetero) is 1. The molecule has 33 heavy (non-hydrogen) atoms. The monoisotopic (exact) mass is 460 g/mol. The lowest BCUT2D eigenvalue weighted by molar-refractivity contribution is -0.161. The van der Waals surface area contributed by atoms with Gasteiger partial charge in [0, 0.05) is 12.3 Å². The number of aliphatic hydroxyl groups excluding tert-OH is 3. The van der Waals surface area contributed by atoms with Gasteiger partial charge in [0.25, 0.3) is 0 Å². The van der Waals surface area contributed by atoms with Crippen LogP contribution in [0.4, 0.5) is 0 Å². The van der Waals surface area contributed by atoms with Crippen LogP contribution in [0, 0.1) is 51.8 Å². The highest BCUT2D eigenvalue weighted by atomic mass is 16.3. The molecule has 0 heterocycles. The molecule has 0 aromatic heterocycles. The SMILES string of the molecule is C=C(C(O)C(O)C(C)C1CCC2C3CC(=O)C4CC(O)CCC4(C)C3CCC12C)C(C)(C)C. The summed E-state index contributed by atoms with van der Waals surface area (Å²) >= 11 is 0. The summed E-state index contributed by atoms with van der Waals surface area (Å²) < 4.78 is 0. The van der Waals surface area contributed by atoms with Gasteiger partial charge in [-0.05, 0) is 96.4 Å². The van der Waals surface area contributed by atoms with Gasteiger partial charge >= 0.3 is 0 Å². The van der Waals surface area contributed by atoms with E-state index in [-0.39, 0.29) is 34.2 Å². The van der Waals surface area contributed by atoms with Crippen LogP contribution in [-0.4, -0.2) is 39.4 Å². The Bertz CT molecular complexity index is 783. The molecule has 11 atom stereocenters. The van der Waals surface area contributed by atoms with E-state index >= 15 is 0 Å². The van der Waals surface area contributed by atoms with Gasteiger partial charge in [-0.25, -0.2) is 0 Å². The van der Waals surface area contributed by atoms with Crippen molar-refractivity contribution < 1.29 is 20.1 Å². The fourth-order valence-corrected chi connectivity index (χ4v) is 9.10. The number of carbonyl (C=O) groups is 1. The Morgan fingerprint density at radius 2 is 1.64 bits per heavy atom. The largest absolute Gasteiger partial charge is 0.393 e. The molecule has 0 amide bonds. The number of aliphatic hydroxyl groups is 3. The summed E-state index contributed by atoms with van der Waals surface area (Å²) in [7, 11) is 0. The van der Waals surface area contributed by atoms with E-state index in [1.54, 1.807) is 0 Å². The highest BCUT2D eigenvalue weighted by Crippen LogP contribution is 2.67. The summed E-state index contributed by atoms with van der Waals surface area (Å²) in [5.74, 6) is 2.24. The molecule has 3 N–H and O–H groups in total. The van der Waals surface area contributed by atoms with Gasteiger partial charge in [-0.1, -0.05) is 48.1 Å². The van der Waals surface area contributed by atoms with Crippen LogP contribution >= 0.6 is 0 Å². The number of rotatable bonds is 4. The molecule has 0 radical (unpaired) electrons. The second-order valence-corrected chi connectivity index (χ2v) is 13.8. The van der Waals surface area contributed by atoms with Crippen molar-refractivity contribution in [3.63, 3.8) is 0 Å². The molecule has 4 aliphatic carbocycles. The molecular formula is C29H48O4. The molecule has 188 valence electrons. The van der Waals surface area contributed by atoms with Gasteiger partial charge in [-0.3, -0.25) is 4.79 Å². The maximum absolute atomic E-state index is 13.3. The second kappa shape index (κ2) is 8.45. The van der Waals surface area contributed by atoms with Crippen LogP contribution < -0.4 is 0 Å². The Kier molecular flexibility index (Phi) is 6.50. The van der Waals surface area contributed by atoms with E-state index in [1.807, 2.05) is 20.8 Å². The minimum Gasteiger partial charge on any atom is -0.393 e. The molecule has 0 aliphatic heterocycles. The van der Waals surface area contributed by atoms with E-state index in [4.69, 9.17) is 0 Å². The van der Waals surface area contributed by atoms with Crippen LogP contribution in [0.3, 0.4) is 0 Å². The molecule has 0 aromatic carbocycles. The average molecular weight is 461 g/mol. The third kappa shape index (κ3) is 3.96. The van der Waals surface area contributed by atoms with Crippen LogP contribution in [0.25, 0.3) is 0 Å². The summed E-state index contributed by atoms with van der Waals surface area (Å²) in [4.78, 5) is 13.3. The Morgan fingerprint density at radius 3 is 2.27 bits per heavy atom. The first-order chi connectivity index (χ1) is 15.2. The average Bonchev–Trinajstić information content (AvgIpc) is 3.09. The summed E-state index contributed by atoms with van der Waals surface area (Å²) in [6.45, 7) is 17.1. The number of fused-ring (bicyclic) bond motifs is 5. The lowest BCUT2D eigenvalue weighted by Crippen LogP contribution is -2.57. The Balaban J connectivity index is 1.55. The molecule has 4 fully saturated rings. The zero-order chi connectivity index (χ0) is 24.5. The number of hydrogen-bond donors (Lipinski definition) is 3. The maximum Gasteiger partial charge on any atom is 0.136 e. The number of ketones is 1. The Labute approximate surface area is 201 Å². The second-order valence-electron chi connectivity index (χ2n) is 13.8. The fraction of sp³-hybridized carbons (Fsp3) is 0.897. The fourth-order valence-electron chi connectivity index (χ4n) is 9.10. The summed E-state index contributed by atoms with van der Waals surface area (Å²) in [5.41, 5.74) is 0.580. The molecule has 0 bridgehead atoms. The van der Waals surface area contributed by atoms with Crippen molar-refractivity contribution >= 4 is 5.78 Å². The van der Waals surface area contributed by atoms with Gasteiger partial charge in [0.05, 0.1) is 12.2 Å². The summed E-state index contributed by atoms with van der Waals surface area (Å²) in [6.07, 6.45) is 5.53. The topological polar surface area (TPSA) is 77.8 Å². The number of carbonyl (C=O) groups excluding carboxylic acids is 1. The van der Waals surface area contributed by atoms with E-state index in [2.05, 4.69) is 27.4 Å². The van der Waals surface area contributed by atoms with Crippen LogP contribution in [0.5, 0.6) is 0 Å². The van der Waals surface area contributed by atoms with E-state index < -0.39 is 12.2 Å². The Morgan fingerprint density at radius 1 is 1.03 bits per heavy atom. The van der Waals surface area contributed by atoms with E-state index in [9.17, 15) is 20.1 Å². The zero-order valence-electron chi connectivity index (χ0n) is 21.8. The molecule has 0 spiro atoms. The van der Waals surface area contributed by atoms with Crippen LogP contribution in [0.15, 0.2) is 12.2 Å². The first kappa shape index (κ1) is 25.4. The van der Waals surface area contributed by atoms with Gasteiger partial charge in [-0.15, -0.1) is 0 Å².